The highest BCUT2D eigenvalue weighted by Gasteiger charge is 2.38. The van der Waals surface area contributed by atoms with E-state index in [0.717, 1.165) is 0 Å². The quantitative estimate of drug-likeness (QED) is 0.939. The van der Waals surface area contributed by atoms with E-state index in [9.17, 15) is 18.0 Å². The summed E-state index contributed by atoms with van der Waals surface area (Å²) in [6.45, 7) is 0. The third-order valence-electron chi connectivity index (χ3n) is 2.33. The lowest BCUT2D eigenvalue weighted by atomic mass is 10.2. The fourth-order valence-corrected chi connectivity index (χ4v) is 1.44. The number of hydrogen-bond donors (Lipinski definition) is 1. The summed E-state index contributed by atoms with van der Waals surface area (Å²) in [5, 5.41) is 14.0. The van der Waals surface area contributed by atoms with E-state index in [1.807, 2.05) is 0 Å². The van der Waals surface area contributed by atoms with Gasteiger partial charge in [0.05, 0.1) is 6.07 Å². The average molecular weight is 296 g/mol. The van der Waals surface area contributed by atoms with Crippen LogP contribution in [0.3, 0.4) is 0 Å². The SMILES string of the molecule is N#CCC(=O)Nc1ccc(-c2noc(C(F)(F)F)n2)cc1. The van der Waals surface area contributed by atoms with E-state index in [2.05, 4.69) is 20.0 Å². The normalized spacial score (nSPS) is 11.0. The van der Waals surface area contributed by atoms with Crippen LogP contribution in [0.15, 0.2) is 28.8 Å². The monoisotopic (exact) mass is 296 g/mol. The highest BCUT2D eigenvalue weighted by atomic mass is 19.4. The molecule has 0 saturated carbocycles. The molecule has 0 spiro atoms. The molecule has 0 aliphatic rings. The van der Waals surface area contributed by atoms with Gasteiger partial charge in [0.15, 0.2) is 0 Å². The number of carbonyl (C=O) groups excluding carboxylic acids is 1. The van der Waals surface area contributed by atoms with E-state index in [1.165, 1.54) is 24.3 Å². The number of nitriles is 1. The van der Waals surface area contributed by atoms with Crippen LogP contribution in [0, 0.1) is 11.3 Å². The number of hydrogen-bond acceptors (Lipinski definition) is 5. The number of anilines is 1. The predicted molar refractivity (Wildman–Crippen MR) is 63.6 cm³/mol. The van der Waals surface area contributed by atoms with Gasteiger partial charge in [-0.3, -0.25) is 4.79 Å². The van der Waals surface area contributed by atoms with Gasteiger partial charge in [-0.15, -0.1) is 0 Å². The van der Waals surface area contributed by atoms with Crippen molar-refractivity contribution >= 4 is 11.6 Å². The van der Waals surface area contributed by atoms with Crippen LogP contribution in [0.1, 0.15) is 12.3 Å². The Morgan fingerprint density at radius 1 is 1.33 bits per heavy atom. The molecular weight excluding hydrogens is 289 g/mol. The summed E-state index contributed by atoms with van der Waals surface area (Å²) in [7, 11) is 0. The van der Waals surface area contributed by atoms with E-state index in [-0.39, 0.29) is 12.2 Å². The summed E-state index contributed by atoms with van der Waals surface area (Å²) in [6.07, 6.45) is -4.99. The molecule has 0 radical (unpaired) electrons. The van der Waals surface area contributed by atoms with Gasteiger partial charge in [0.25, 0.3) is 0 Å². The molecule has 1 aromatic carbocycles. The van der Waals surface area contributed by atoms with E-state index >= 15 is 0 Å². The fraction of sp³-hybridized carbons (Fsp3) is 0.167. The van der Waals surface area contributed by atoms with E-state index < -0.39 is 18.0 Å². The molecule has 0 fully saturated rings. The van der Waals surface area contributed by atoms with Gasteiger partial charge in [-0.1, -0.05) is 5.16 Å². The van der Waals surface area contributed by atoms with Crippen molar-refractivity contribution in [1.82, 2.24) is 10.1 Å². The predicted octanol–water partition coefficient (Wildman–Crippen LogP) is 2.61. The smallest absolute Gasteiger partial charge is 0.329 e. The number of alkyl halides is 3. The lowest BCUT2D eigenvalue weighted by Gasteiger charge is -2.02. The molecule has 1 aromatic heterocycles. The molecule has 0 saturated heterocycles. The van der Waals surface area contributed by atoms with Crippen LogP contribution in [0.4, 0.5) is 18.9 Å². The van der Waals surface area contributed by atoms with Crippen LogP contribution in [0.25, 0.3) is 11.4 Å². The Labute approximate surface area is 116 Å². The van der Waals surface area contributed by atoms with Gasteiger partial charge in [0.1, 0.15) is 6.42 Å². The van der Waals surface area contributed by atoms with Gasteiger partial charge in [0.2, 0.25) is 11.7 Å². The molecule has 0 unspecified atom stereocenters. The Hall–Kier alpha value is -2.89. The second-order valence-corrected chi connectivity index (χ2v) is 3.88. The molecule has 2 rings (SSSR count). The number of nitrogens with one attached hydrogen (secondary N) is 1. The summed E-state index contributed by atoms with van der Waals surface area (Å²) in [5.74, 6) is -2.12. The van der Waals surface area contributed by atoms with Crippen LogP contribution in [-0.2, 0) is 11.0 Å². The standard InChI is InChI=1S/C12H7F3N4O2/c13-12(14,15)11-18-10(19-21-11)7-1-3-8(4-2-7)17-9(20)5-6-16/h1-4H,5H2,(H,17,20). The van der Waals surface area contributed by atoms with Gasteiger partial charge >= 0.3 is 12.1 Å². The molecule has 9 heteroatoms. The summed E-state index contributed by atoms with van der Waals surface area (Å²) in [5.41, 5.74) is 0.700. The zero-order valence-electron chi connectivity index (χ0n) is 10.3. The molecule has 1 heterocycles. The minimum atomic E-state index is -4.70. The number of amides is 1. The number of halogens is 3. The third-order valence-corrected chi connectivity index (χ3v) is 2.33. The lowest BCUT2D eigenvalue weighted by molar-refractivity contribution is -0.159. The first-order valence-corrected chi connectivity index (χ1v) is 5.58. The van der Waals surface area contributed by atoms with Crippen LogP contribution in [0.5, 0.6) is 0 Å². The van der Waals surface area contributed by atoms with Crippen molar-refractivity contribution in [2.24, 2.45) is 0 Å². The summed E-state index contributed by atoms with van der Waals surface area (Å²) in [6, 6.07) is 7.44. The third kappa shape index (κ3) is 3.56. The van der Waals surface area contributed by atoms with Crippen molar-refractivity contribution < 1.29 is 22.5 Å². The molecule has 0 bridgehead atoms. The van der Waals surface area contributed by atoms with Gasteiger partial charge in [-0.05, 0) is 24.3 Å². The van der Waals surface area contributed by atoms with Crippen LogP contribution < -0.4 is 5.32 Å². The van der Waals surface area contributed by atoms with E-state index in [1.54, 1.807) is 6.07 Å². The molecule has 21 heavy (non-hydrogen) atoms. The van der Waals surface area contributed by atoms with Crippen LogP contribution in [-0.4, -0.2) is 16.0 Å². The second kappa shape index (κ2) is 5.62. The van der Waals surface area contributed by atoms with Crippen LogP contribution >= 0.6 is 0 Å². The maximum atomic E-state index is 12.3. The largest absolute Gasteiger partial charge is 0.471 e. The van der Waals surface area contributed by atoms with Gasteiger partial charge in [0, 0.05) is 11.3 Å². The van der Waals surface area contributed by atoms with Crippen molar-refractivity contribution in [1.29, 1.82) is 5.26 Å². The molecule has 6 nitrogen and oxygen atoms in total. The number of nitrogens with zero attached hydrogens (tertiary/aromatic N) is 3. The highest BCUT2D eigenvalue weighted by molar-refractivity contribution is 5.92. The highest BCUT2D eigenvalue weighted by Crippen LogP contribution is 2.29. The molecule has 2 aromatic rings. The zero-order chi connectivity index (χ0) is 15.5. The maximum absolute atomic E-state index is 12.3. The molecule has 1 amide bonds. The Balaban J connectivity index is 2.14. The van der Waals surface area contributed by atoms with Crippen molar-refractivity contribution in [3.63, 3.8) is 0 Å². The van der Waals surface area contributed by atoms with E-state index in [4.69, 9.17) is 5.26 Å². The van der Waals surface area contributed by atoms with Crippen molar-refractivity contribution in [2.75, 3.05) is 5.32 Å². The molecule has 1 N–H and O–H groups in total. The number of benzene rings is 1. The summed E-state index contributed by atoms with van der Waals surface area (Å²) < 4.78 is 41.1. The Kier molecular flexibility index (Phi) is 3.89. The molecule has 0 aliphatic heterocycles. The first-order chi connectivity index (χ1) is 9.90. The Morgan fingerprint density at radius 2 is 2.00 bits per heavy atom. The zero-order valence-corrected chi connectivity index (χ0v) is 10.3. The fourth-order valence-electron chi connectivity index (χ4n) is 1.44. The minimum Gasteiger partial charge on any atom is -0.329 e. The van der Waals surface area contributed by atoms with Gasteiger partial charge < -0.3 is 9.84 Å². The first-order valence-electron chi connectivity index (χ1n) is 5.58. The first kappa shape index (κ1) is 14.5. The average Bonchev–Trinajstić information content (AvgIpc) is 2.89. The Morgan fingerprint density at radius 3 is 2.52 bits per heavy atom. The molecule has 108 valence electrons. The van der Waals surface area contributed by atoms with Gasteiger partial charge in [-0.2, -0.15) is 23.4 Å². The van der Waals surface area contributed by atoms with Crippen molar-refractivity contribution in [3.05, 3.63) is 30.2 Å². The van der Waals surface area contributed by atoms with Crippen molar-refractivity contribution in [3.8, 4) is 17.5 Å². The lowest BCUT2D eigenvalue weighted by Crippen LogP contribution is -2.09. The van der Waals surface area contributed by atoms with Gasteiger partial charge in [-0.25, -0.2) is 0 Å². The number of carbonyl (C=O) groups is 1. The van der Waals surface area contributed by atoms with E-state index in [0.29, 0.717) is 11.3 Å². The number of rotatable bonds is 3. The summed E-state index contributed by atoms with van der Waals surface area (Å²) in [4.78, 5) is 14.4. The topological polar surface area (TPSA) is 91.8 Å². The Bertz CT molecular complexity index is 686. The molecular formula is C12H7F3N4O2. The second-order valence-electron chi connectivity index (χ2n) is 3.88. The van der Waals surface area contributed by atoms with Crippen LogP contribution in [0.2, 0.25) is 0 Å². The number of aromatic nitrogens is 2. The van der Waals surface area contributed by atoms with Crippen molar-refractivity contribution in [2.45, 2.75) is 12.6 Å². The molecule has 0 aliphatic carbocycles. The summed E-state index contributed by atoms with van der Waals surface area (Å²) >= 11 is 0. The maximum Gasteiger partial charge on any atom is 0.471 e. The molecule has 0 atom stereocenters. The minimum absolute atomic E-state index is 0.211.